The number of carboxylic acid groups (broad SMARTS) is 1. The fourth-order valence-corrected chi connectivity index (χ4v) is 4.62. The Morgan fingerprint density at radius 2 is 2.17 bits per heavy atom. The largest absolute Gasteiger partial charge is 0.478 e. The monoisotopic (exact) mass is 486 g/mol. The van der Waals surface area contributed by atoms with Crippen LogP contribution in [0.2, 0.25) is 0 Å². The van der Waals surface area contributed by atoms with Gasteiger partial charge in [-0.1, -0.05) is 6.07 Å². The topological polar surface area (TPSA) is 100 Å². The van der Waals surface area contributed by atoms with E-state index in [4.69, 9.17) is 0 Å². The van der Waals surface area contributed by atoms with Crippen LogP contribution in [0.4, 0.5) is 8.78 Å². The van der Waals surface area contributed by atoms with Gasteiger partial charge in [-0.05, 0) is 35.0 Å². The van der Waals surface area contributed by atoms with Crippen molar-refractivity contribution in [1.29, 1.82) is 0 Å². The first-order valence-corrected chi connectivity index (χ1v) is 10.1. The highest BCUT2D eigenvalue weighted by atomic mass is 79.9. The van der Waals surface area contributed by atoms with Crippen LogP contribution >= 0.6 is 27.3 Å². The number of aromatic carboxylic acids is 1. The molecule has 0 spiro atoms. The number of carboxylic acids is 1. The van der Waals surface area contributed by atoms with E-state index in [1.807, 2.05) is 0 Å². The summed E-state index contributed by atoms with van der Waals surface area (Å²) in [6.07, 6.45) is 2.65. The van der Waals surface area contributed by atoms with Crippen LogP contribution < -0.4 is 5.32 Å². The standard InChI is InChI=1S/C18H17BrF2N4O3S/c1-10(23-6-15-12(17(26)27)5-16(19)29-15)18(28,7-25-9-22-8-24-25)13-3-2-11(20)4-14(13)21/h2-5,8-10,23,28H,6-7H2,1H3,(H,26,27)/t10-,18-/m1/s1. The number of rotatable bonds is 8. The summed E-state index contributed by atoms with van der Waals surface area (Å²) in [6.45, 7) is 1.61. The van der Waals surface area contributed by atoms with Gasteiger partial charge >= 0.3 is 5.97 Å². The van der Waals surface area contributed by atoms with E-state index in [9.17, 15) is 23.8 Å². The maximum Gasteiger partial charge on any atom is 0.336 e. The summed E-state index contributed by atoms with van der Waals surface area (Å²) in [4.78, 5) is 15.8. The fraction of sp³-hybridized carbons (Fsp3) is 0.278. The van der Waals surface area contributed by atoms with Crippen molar-refractivity contribution in [3.8, 4) is 0 Å². The third-order valence-electron chi connectivity index (χ3n) is 4.56. The minimum absolute atomic E-state index is 0.111. The van der Waals surface area contributed by atoms with Gasteiger partial charge in [-0.3, -0.25) is 0 Å². The second kappa shape index (κ2) is 8.66. The van der Waals surface area contributed by atoms with Crippen molar-refractivity contribution in [1.82, 2.24) is 20.1 Å². The SMILES string of the molecule is C[C@@H](NCc1sc(Br)cc1C(=O)O)[C@](O)(Cn1cncn1)c1ccc(F)cc1F. The lowest BCUT2D eigenvalue weighted by atomic mass is 9.86. The molecule has 0 amide bonds. The third-order valence-corrected chi connectivity index (χ3v) is 6.20. The molecular formula is C18H17BrF2N4O3S. The molecule has 1 aromatic carbocycles. The Labute approximate surface area is 177 Å². The van der Waals surface area contributed by atoms with E-state index in [1.54, 1.807) is 6.92 Å². The number of halogens is 3. The van der Waals surface area contributed by atoms with Crippen LogP contribution in [0, 0.1) is 11.6 Å². The lowest BCUT2D eigenvalue weighted by molar-refractivity contribution is -0.0205. The van der Waals surface area contributed by atoms with Gasteiger partial charge in [0.05, 0.1) is 15.9 Å². The molecule has 0 bridgehead atoms. The maximum absolute atomic E-state index is 14.5. The first kappa shape index (κ1) is 21.5. The molecule has 2 atom stereocenters. The zero-order valence-corrected chi connectivity index (χ0v) is 17.5. The Hall–Kier alpha value is -2.21. The van der Waals surface area contributed by atoms with Gasteiger partial charge in [0.1, 0.15) is 29.9 Å². The molecule has 0 aliphatic carbocycles. The van der Waals surface area contributed by atoms with Gasteiger partial charge in [-0.25, -0.2) is 23.2 Å². The number of nitrogens with zero attached hydrogens (tertiary/aromatic N) is 3. The second-order valence-corrected chi connectivity index (χ2v) is 8.95. The van der Waals surface area contributed by atoms with Gasteiger partial charge in [0.25, 0.3) is 0 Å². The number of thiophene rings is 1. The van der Waals surface area contributed by atoms with Crippen LogP contribution in [0.5, 0.6) is 0 Å². The van der Waals surface area contributed by atoms with E-state index in [-0.39, 0.29) is 24.2 Å². The third kappa shape index (κ3) is 4.69. The Bertz CT molecular complexity index is 1010. The lowest BCUT2D eigenvalue weighted by Crippen LogP contribution is -2.49. The predicted molar refractivity (Wildman–Crippen MR) is 106 cm³/mol. The highest BCUT2D eigenvalue weighted by Crippen LogP contribution is 2.31. The predicted octanol–water partition coefficient (Wildman–Crippen LogP) is 3.14. The smallest absolute Gasteiger partial charge is 0.336 e. The molecule has 0 aliphatic heterocycles. The Balaban J connectivity index is 1.90. The van der Waals surface area contributed by atoms with Crippen molar-refractivity contribution in [2.45, 2.75) is 31.7 Å². The average molecular weight is 487 g/mol. The van der Waals surface area contributed by atoms with Crippen LogP contribution in [-0.2, 0) is 18.7 Å². The molecular weight excluding hydrogens is 470 g/mol. The van der Waals surface area contributed by atoms with Gasteiger partial charge in [-0.2, -0.15) is 5.10 Å². The van der Waals surface area contributed by atoms with Crippen LogP contribution in [0.1, 0.15) is 27.7 Å². The van der Waals surface area contributed by atoms with Crippen molar-refractivity contribution in [3.05, 3.63) is 68.3 Å². The number of aromatic nitrogens is 3. The van der Waals surface area contributed by atoms with Gasteiger partial charge in [0, 0.05) is 29.1 Å². The fourth-order valence-electron chi connectivity index (χ4n) is 2.98. The summed E-state index contributed by atoms with van der Waals surface area (Å²) in [5.41, 5.74) is -1.79. The number of benzene rings is 1. The van der Waals surface area contributed by atoms with Crippen LogP contribution in [0.15, 0.2) is 40.7 Å². The molecule has 3 aromatic rings. The van der Waals surface area contributed by atoms with Crippen LogP contribution in [-0.4, -0.2) is 37.0 Å². The number of nitrogens with one attached hydrogen (secondary N) is 1. The second-order valence-electron chi connectivity index (χ2n) is 6.44. The molecule has 2 aromatic heterocycles. The molecule has 0 radical (unpaired) electrons. The Morgan fingerprint density at radius 1 is 1.41 bits per heavy atom. The van der Waals surface area contributed by atoms with Gasteiger partial charge < -0.3 is 15.5 Å². The molecule has 154 valence electrons. The van der Waals surface area contributed by atoms with Crippen molar-refractivity contribution >= 4 is 33.2 Å². The van der Waals surface area contributed by atoms with E-state index >= 15 is 0 Å². The summed E-state index contributed by atoms with van der Waals surface area (Å²) in [6, 6.07) is 3.69. The van der Waals surface area contributed by atoms with Crippen LogP contribution in [0.3, 0.4) is 0 Å². The molecule has 0 fully saturated rings. The molecule has 29 heavy (non-hydrogen) atoms. The maximum atomic E-state index is 14.5. The average Bonchev–Trinajstić information content (AvgIpc) is 3.28. The number of aliphatic hydroxyl groups is 1. The van der Waals surface area contributed by atoms with Crippen LogP contribution in [0.25, 0.3) is 0 Å². The van der Waals surface area contributed by atoms with Gasteiger partial charge in [0.15, 0.2) is 0 Å². The van der Waals surface area contributed by atoms with E-state index in [0.717, 1.165) is 6.07 Å². The molecule has 0 saturated heterocycles. The zero-order valence-electron chi connectivity index (χ0n) is 15.1. The van der Waals surface area contributed by atoms with Gasteiger partial charge in [-0.15, -0.1) is 11.3 Å². The van der Waals surface area contributed by atoms with E-state index in [2.05, 4.69) is 31.3 Å². The van der Waals surface area contributed by atoms with Gasteiger partial charge in [0.2, 0.25) is 0 Å². The summed E-state index contributed by atoms with van der Waals surface area (Å²) in [7, 11) is 0. The molecule has 11 heteroatoms. The number of hydrogen-bond acceptors (Lipinski definition) is 6. The minimum Gasteiger partial charge on any atom is -0.478 e. The summed E-state index contributed by atoms with van der Waals surface area (Å²) in [5, 5.41) is 27.8. The summed E-state index contributed by atoms with van der Waals surface area (Å²) in [5.74, 6) is -2.73. The molecule has 0 aliphatic rings. The van der Waals surface area contributed by atoms with Crippen molar-refractivity contribution in [2.75, 3.05) is 0 Å². The highest BCUT2D eigenvalue weighted by Gasteiger charge is 2.39. The van der Waals surface area contributed by atoms with Crippen molar-refractivity contribution < 1.29 is 23.8 Å². The molecule has 0 saturated carbocycles. The first-order chi connectivity index (χ1) is 13.7. The highest BCUT2D eigenvalue weighted by molar-refractivity contribution is 9.11. The van der Waals surface area contributed by atoms with E-state index in [0.29, 0.717) is 14.7 Å². The Morgan fingerprint density at radius 3 is 2.79 bits per heavy atom. The Kier molecular flexibility index (Phi) is 6.42. The molecule has 7 nitrogen and oxygen atoms in total. The number of hydrogen-bond donors (Lipinski definition) is 3. The van der Waals surface area contributed by atoms with Crippen molar-refractivity contribution in [2.24, 2.45) is 0 Å². The lowest BCUT2D eigenvalue weighted by Gasteiger charge is -2.35. The summed E-state index contributed by atoms with van der Waals surface area (Å²) >= 11 is 4.51. The summed E-state index contributed by atoms with van der Waals surface area (Å²) < 4.78 is 29.9. The van der Waals surface area contributed by atoms with Crippen molar-refractivity contribution in [3.63, 3.8) is 0 Å². The minimum atomic E-state index is -1.82. The molecule has 3 N–H and O–H groups in total. The zero-order chi connectivity index (χ0) is 21.2. The molecule has 2 heterocycles. The normalized spacial score (nSPS) is 14.5. The first-order valence-electron chi connectivity index (χ1n) is 8.46. The van der Waals surface area contributed by atoms with E-state index < -0.39 is 29.2 Å². The van der Waals surface area contributed by atoms with E-state index in [1.165, 1.54) is 40.8 Å². The molecule has 0 unspecified atom stereocenters. The quantitative estimate of drug-likeness (QED) is 0.452. The molecule has 3 rings (SSSR count). The number of carbonyl (C=O) groups is 1.